The van der Waals surface area contributed by atoms with Crippen molar-refractivity contribution in [1.82, 2.24) is 0 Å². The van der Waals surface area contributed by atoms with Gasteiger partial charge in [0.25, 0.3) is 0 Å². The predicted octanol–water partition coefficient (Wildman–Crippen LogP) is 7.50. The molecule has 0 atom stereocenters. The Kier molecular flexibility index (Phi) is 6.33. The maximum Gasteiger partial charge on any atom is 0.248 e. The molecule has 162 valence electrons. The van der Waals surface area contributed by atoms with Crippen molar-refractivity contribution >= 4 is 39.7 Å². The van der Waals surface area contributed by atoms with E-state index in [0.29, 0.717) is 11.6 Å². The van der Waals surface area contributed by atoms with Gasteiger partial charge in [0.2, 0.25) is 5.91 Å². The van der Waals surface area contributed by atoms with E-state index in [1.54, 1.807) is 12.3 Å². The van der Waals surface area contributed by atoms with Crippen LogP contribution in [0.1, 0.15) is 25.0 Å². The number of ether oxygens (including phenoxy) is 1. The number of fused-ring (bicyclic) bond motifs is 1. The lowest BCUT2D eigenvalue weighted by atomic mass is 9.96. The minimum Gasteiger partial charge on any atom is -0.493 e. The molecule has 5 heteroatoms. The van der Waals surface area contributed by atoms with Gasteiger partial charge < -0.3 is 14.5 Å². The van der Waals surface area contributed by atoms with Gasteiger partial charge in [-0.3, -0.25) is 4.79 Å². The van der Waals surface area contributed by atoms with E-state index >= 15 is 0 Å². The Morgan fingerprint density at radius 1 is 1.12 bits per heavy atom. The maximum absolute atomic E-state index is 12.6. The summed E-state index contributed by atoms with van der Waals surface area (Å²) in [7, 11) is 0. The largest absolute Gasteiger partial charge is 0.493 e. The van der Waals surface area contributed by atoms with Crippen LogP contribution in [0.5, 0.6) is 5.75 Å². The van der Waals surface area contributed by atoms with Crippen LogP contribution in [0.2, 0.25) is 5.02 Å². The Labute approximate surface area is 192 Å². The smallest absolute Gasteiger partial charge is 0.248 e. The summed E-state index contributed by atoms with van der Waals surface area (Å²) in [6.07, 6.45) is 3.35. The van der Waals surface area contributed by atoms with E-state index in [4.69, 9.17) is 20.8 Å². The number of para-hydroxylation sites is 1. The fraction of sp³-hybridized carbons (Fsp3) is 0.148. The van der Waals surface area contributed by atoms with E-state index in [0.717, 1.165) is 50.2 Å². The Hall–Kier alpha value is -3.50. The summed E-state index contributed by atoms with van der Waals surface area (Å²) < 4.78 is 11.9. The lowest BCUT2D eigenvalue weighted by molar-refractivity contribution is -0.111. The van der Waals surface area contributed by atoms with Crippen LogP contribution in [0, 0.1) is 6.92 Å². The van der Waals surface area contributed by atoms with Crippen LogP contribution in [0.25, 0.3) is 27.7 Å². The van der Waals surface area contributed by atoms with Gasteiger partial charge in [0.1, 0.15) is 11.3 Å². The molecule has 1 aromatic heterocycles. The Bertz CT molecular complexity index is 1290. The molecule has 1 N–H and O–H groups in total. The van der Waals surface area contributed by atoms with Crippen LogP contribution in [0.3, 0.4) is 0 Å². The molecule has 4 nitrogen and oxygen atoms in total. The van der Waals surface area contributed by atoms with Gasteiger partial charge in [-0.2, -0.15) is 0 Å². The number of carbonyl (C=O) groups excluding carboxylic acids is 1. The van der Waals surface area contributed by atoms with E-state index in [-0.39, 0.29) is 5.91 Å². The Balaban J connectivity index is 1.79. The van der Waals surface area contributed by atoms with Gasteiger partial charge in [0, 0.05) is 38.9 Å². The van der Waals surface area contributed by atoms with E-state index < -0.39 is 0 Å². The van der Waals surface area contributed by atoms with Crippen molar-refractivity contribution in [1.29, 1.82) is 0 Å². The summed E-state index contributed by atoms with van der Waals surface area (Å²) in [5.41, 5.74) is 6.04. The molecule has 0 unspecified atom stereocenters. The van der Waals surface area contributed by atoms with Crippen LogP contribution in [-0.2, 0) is 4.79 Å². The summed E-state index contributed by atoms with van der Waals surface area (Å²) in [5, 5.41) is 4.53. The van der Waals surface area contributed by atoms with Crippen molar-refractivity contribution in [2.45, 2.75) is 20.8 Å². The molecule has 1 amide bonds. The highest BCUT2D eigenvalue weighted by atomic mass is 35.5. The number of allylic oxidation sites excluding steroid dienone is 1. The van der Waals surface area contributed by atoms with Crippen LogP contribution >= 0.6 is 11.6 Å². The molecule has 0 spiro atoms. The van der Waals surface area contributed by atoms with Crippen molar-refractivity contribution in [3.63, 3.8) is 0 Å². The van der Waals surface area contributed by atoms with E-state index in [1.165, 1.54) is 0 Å². The monoisotopic (exact) mass is 445 g/mol. The molecule has 4 aromatic rings. The molecule has 32 heavy (non-hydrogen) atoms. The minimum atomic E-state index is -0.195. The van der Waals surface area contributed by atoms with Crippen molar-refractivity contribution in [3.8, 4) is 16.9 Å². The molecule has 1 heterocycles. The average Bonchev–Trinajstić information content (AvgIpc) is 3.21. The van der Waals surface area contributed by atoms with Gasteiger partial charge in [-0.15, -0.1) is 0 Å². The number of anilines is 1. The molecular formula is C27H24ClNO3. The fourth-order valence-electron chi connectivity index (χ4n) is 3.77. The highest BCUT2D eigenvalue weighted by molar-refractivity contribution is 6.30. The molecule has 4 rings (SSSR count). The normalized spacial score (nSPS) is 11.6. The second kappa shape index (κ2) is 9.33. The quantitative estimate of drug-likeness (QED) is 0.312. The second-order valence-electron chi connectivity index (χ2n) is 7.53. The number of amides is 1. The van der Waals surface area contributed by atoms with E-state index in [9.17, 15) is 4.79 Å². The molecule has 0 saturated heterocycles. The number of rotatable bonds is 6. The number of furan rings is 1. The molecule has 0 aliphatic carbocycles. The van der Waals surface area contributed by atoms with Gasteiger partial charge >= 0.3 is 0 Å². The summed E-state index contributed by atoms with van der Waals surface area (Å²) in [6, 6.07) is 19.1. The average molecular weight is 446 g/mol. The lowest BCUT2D eigenvalue weighted by Gasteiger charge is -2.15. The third-order valence-electron chi connectivity index (χ3n) is 5.30. The number of benzene rings is 3. The van der Waals surface area contributed by atoms with Gasteiger partial charge in [0.15, 0.2) is 0 Å². The first-order chi connectivity index (χ1) is 15.5. The SMILES string of the molecule is CCOc1c(/C(C)=C/C(=O)Nc2ccccc2)cc2c(-c3ccc(Cl)cc3)coc2c1C. The van der Waals surface area contributed by atoms with E-state index in [2.05, 4.69) is 5.32 Å². The second-order valence-corrected chi connectivity index (χ2v) is 7.96. The number of hydrogen-bond donors (Lipinski definition) is 1. The van der Waals surface area contributed by atoms with Crippen molar-refractivity contribution in [2.75, 3.05) is 11.9 Å². The van der Waals surface area contributed by atoms with Gasteiger partial charge in [-0.1, -0.05) is 41.9 Å². The predicted molar refractivity (Wildman–Crippen MR) is 131 cm³/mol. The summed E-state index contributed by atoms with van der Waals surface area (Å²) in [5.74, 6) is 0.525. The Morgan fingerprint density at radius 3 is 2.53 bits per heavy atom. The summed E-state index contributed by atoms with van der Waals surface area (Å²) in [6.45, 7) is 6.34. The number of nitrogens with one attached hydrogen (secondary N) is 1. The number of halogens is 1. The zero-order valence-electron chi connectivity index (χ0n) is 18.2. The molecule has 3 aromatic carbocycles. The molecule has 0 saturated carbocycles. The van der Waals surface area contributed by atoms with Crippen LogP contribution in [0.15, 0.2) is 77.4 Å². The molecule has 0 radical (unpaired) electrons. The van der Waals surface area contributed by atoms with Crippen molar-refractivity contribution < 1.29 is 13.9 Å². The summed E-state index contributed by atoms with van der Waals surface area (Å²) >= 11 is 6.06. The Morgan fingerprint density at radius 2 is 1.84 bits per heavy atom. The fourth-order valence-corrected chi connectivity index (χ4v) is 3.89. The highest BCUT2D eigenvalue weighted by Crippen LogP contribution is 2.41. The first-order valence-electron chi connectivity index (χ1n) is 10.5. The molecule has 0 fully saturated rings. The summed E-state index contributed by atoms with van der Waals surface area (Å²) in [4.78, 5) is 12.6. The van der Waals surface area contributed by atoms with Crippen LogP contribution in [-0.4, -0.2) is 12.5 Å². The highest BCUT2D eigenvalue weighted by Gasteiger charge is 2.19. The van der Waals surface area contributed by atoms with Crippen molar-refractivity contribution in [3.05, 3.63) is 89.2 Å². The third-order valence-corrected chi connectivity index (χ3v) is 5.55. The lowest BCUT2D eigenvalue weighted by Crippen LogP contribution is -2.08. The molecular weight excluding hydrogens is 422 g/mol. The van der Waals surface area contributed by atoms with Crippen LogP contribution in [0.4, 0.5) is 5.69 Å². The zero-order valence-corrected chi connectivity index (χ0v) is 19.0. The first-order valence-corrected chi connectivity index (χ1v) is 10.8. The zero-order chi connectivity index (χ0) is 22.7. The maximum atomic E-state index is 12.6. The molecule has 0 bridgehead atoms. The van der Waals surface area contributed by atoms with Gasteiger partial charge in [0.05, 0.1) is 12.9 Å². The third kappa shape index (κ3) is 4.41. The van der Waals surface area contributed by atoms with E-state index in [1.807, 2.05) is 81.4 Å². The topological polar surface area (TPSA) is 51.5 Å². The molecule has 0 aliphatic heterocycles. The van der Waals surface area contributed by atoms with Gasteiger partial charge in [-0.05, 0) is 62.2 Å². The van der Waals surface area contributed by atoms with Crippen molar-refractivity contribution in [2.24, 2.45) is 0 Å². The first kappa shape index (κ1) is 21.7. The van der Waals surface area contributed by atoms with Gasteiger partial charge in [-0.25, -0.2) is 0 Å². The number of hydrogen-bond acceptors (Lipinski definition) is 3. The molecule has 0 aliphatic rings. The van der Waals surface area contributed by atoms with Crippen LogP contribution < -0.4 is 10.1 Å². The number of aryl methyl sites for hydroxylation is 1. The number of carbonyl (C=O) groups is 1. The standard InChI is InChI=1S/C27H24ClNO3/c1-4-31-26-18(3)27-23(24(16-32-27)19-10-12-20(28)13-11-19)15-22(26)17(2)14-25(30)29-21-8-6-5-7-9-21/h5-16H,4H2,1-3H3,(H,29,30)/b17-14+. The minimum absolute atomic E-state index is 0.195.